The topological polar surface area (TPSA) is 68.4 Å². The Labute approximate surface area is 112 Å². The van der Waals surface area contributed by atoms with Gasteiger partial charge in [-0.05, 0) is 22.8 Å². The highest BCUT2D eigenvalue weighted by molar-refractivity contribution is 5.45. The largest absolute Gasteiger partial charge is 0.398 e. The molecule has 1 unspecified atom stereocenters. The van der Waals surface area contributed by atoms with Crippen molar-refractivity contribution >= 4 is 5.69 Å². The van der Waals surface area contributed by atoms with Crippen LogP contribution in [0.4, 0.5) is 5.69 Å². The summed E-state index contributed by atoms with van der Waals surface area (Å²) in [5.41, 5.74) is 9.22. The van der Waals surface area contributed by atoms with Gasteiger partial charge in [0.2, 0.25) is 0 Å². The van der Waals surface area contributed by atoms with Crippen molar-refractivity contribution in [2.75, 3.05) is 12.8 Å². The van der Waals surface area contributed by atoms with Gasteiger partial charge in [0.05, 0.1) is 12.7 Å². The maximum atomic E-state index is 10.4. The number of nitrogens with zero attached hydrogens (tertiary/aromatic N) is 1. The third kappa shape index (κ3) is 3.30. The van der Waals surface area contributed by atoms with Gasteiger partial charge in [-0.2, -0.15) is 0 Å². The van der Waals surface area contributed by atoms with E-state index in [1.807, 2.05) is 24.3 Å². The number of aromatic nitrogens is 1. The zero-order chi connectivity index (χ0) is 13.7. The molecule has 19 heavy (non-hydrogen) atoms. The third-order valence-electron chi connectivity index (χ3n) is 3.07. The van der Waals surface area contributed by atoms with E-state index < -0.39 is 6.10 Å². The Hall–Kier alpha value is -1.91. The average Bonchev–Trinajstić information content (AvgIpc) is 2.42. The molecule has 0 spiro atoms. The number of hydrogen-bond acceptors (Lipinski definition) is 4. The molecule has 1 heterocycles. The summed E-state index contributed by atoms with van der Waals surface area (Å²) in [5, 5.41) is 10.4. The molecule has 0 saturated carbocycles. The van der Waals surface area contributed by atoms with Crippen molar-refractivity contribution in [1.82, 2.24) is 4.98 Å². The molecule has 0 radical (unpaired) electrons. The van der Waals surface area contributed by atoms with Crippen molar-refractivity contribution in [1.29, 1.82) is 0 Å². The summed E-state index contributed by atoms with van der Waals surface area (Å²) in [7, 11) is 1.64. The van der Waals surface area contributed by atoms with Crippen LogP contribution in [-0.4, -0.2) is 17.2 Å². The molecule has 4 heteroatoms. The summed E-state index contributed by atoms with van der Waals surface area (Å²) < 4.78 is 5.14. The van der Waals surface area contributed by atoms with Gasteiger partial charge in [-0.3, -0.25) is 4.98 Å². The predicted molar refractivity (Wildman–Crippen MR) is 74.5 cm³/mol. The van der Waals surface area contributed by atoms with Crippen molar-refractivity contribution < 1.29 is 9.84 Å². The molecule has 0 bridgehead atoms. The minimum absolute atomic E-state index is 0.445. The Morgan fingerprint density at radius 3 is 2.79 bits per heavy atom. The van der Waals surface area contributed by atoms with Crippen LogP contribution in [0.5, 0.6) is 0 Å². The molecular weight excluding hydrogens is 240 g/mol. The fourth-order valence-electron chi connectivity index (χ4n) is 2.07. The number of aliphatic hydroxyl groups is 1. The molecule has 0 saturated heterocycles. The van der Waals surface area contributed by atoms with Crippen molar-refractivity contribution in [3.05, 3.63) is 59.4 Å². The van der Waals surface area contributed by atoms with Crippen LogP contribution in [-0.2, 0) is 17.8 Å². The summed E-state index contributed by atoms with van der Waals surface area (Å²) in [6.45, 7) is 0.482. The molecule has 1 aromatic carbocycles. The molecule has 1 aromatic heterocycles. The highest BCUT2D eigenvalue weighted by Gasteiger charge is 2.14. The van der Waals surface area contributed by atoms with Crippen LogP contribution in [0.2, 0.25) is 0 Å². The van der Waals surface area contributed by atoms with Crippen LogP contribution in [0.1, 0.15) is 22.8 Å². The van der Waals surface area contributed by atoms with Gasteiger partial charge in [0.15, 0.2) is 0 Å². The van der Waals surface area contributed by atoms with Crippen LogP contribution < -0.4 is 5.73 Å². The molecule has 3 N–H and O–H groups in total. The number of anilines is 1. The first-order chi connectivity index (χ1) is 9.22. The Kier molecular flexibility index (Phi) is 4.49. The summed E-state index contributed by atoms with van der Waals surface area (Å²) in [6, 6.07) is 9.44. The van der Waals surface area contributed by atoms with E-state index in [-0.39, 0.29) is 0 Å². The molecule has 0 aliphatic rings. The smallest absolute Gasteiger partial charge is 0.0835 e. The number of benzene rings is 1. The van der Waals surface area contributed by atoms with E-state index in [0.29, 0.717) is 18.7 Å². The van der Waals surface area contributed by atoms with Gasteiger partial charge >= 0.3 is 0 Å². The summed E-state index contributed by atoms with van der Waals surface area (Å²) in [4.78, 5) is 4.04. The van der Waals surface area contributed by atoms with E-state index in [4.69, 9.17) is 10.5 Å². The van der Waals surface area contributed by atoms with Crippen molar-refractivity contribution in [2.24, 2.45) is 0 Å². The molecule has 1 atom stereocenters. The Morgan fingerprint density at radius 2 is 2.05 bits per heavy atom. The SMILES string of the molecule is COCc1ccccc1C(O)Cc1cnccc1N. The van der Waals surface area contributed by atoms with E-state index in [1.54, 1.807) is 25.6 Å². The number of ether oxygens (including phenoxy) is 1. The van der Waals surface area contributed by atoms with Crippen LogP contribution in [0.25, 0.3) is 0 Å². The zero-order valence-corrected chi connectivity index (χ0v) is 10.9. The number of nitrogens with two attached hydrogens (primary N) is 1. The number of aliphatic hydroxyl groups excluding tert-OH is 1. The van der Waals surface area contributed by atoms with Gasteiger partial charge in [0.1, 0.15) is 0 Å². The van der Waals surface area contributed by atoms with Gasteiger partial charge in [-0.25, -0.2) is 0 Å². The number of pyridine rings is 1. The number of rotatable bonds is 5. The number of hydrogen-bond donors (Lipinski definition) is 2. The van der Waals surface area contributed by atoms with Gasteiger partial charge in [0.25, 0.3) is 0 Å². The molecule has 0 aliphatic carbocycles. The van der Waals surface area contributed by atoms with Crippen LogP contribution >= 0.6 is 0 Å². The first-order valence-electron chi connectivity index (χ1n) is 6.15. The molecule has 2 rings (SSSR count). The maximum Gasteiger partial charge on any atom is 0.0835 e. The number of methoxy groups -OCH3 is 1. The number of nitrogen functional groups attached to an aromatic ring is 1. The fraction of sp³-hybridized carbons (Fsp3) is 0.267. The lowest BCUT2D eigenvalue weighted by atomic mass is 9.97. The lowest BCUT2D eigenvalue weighted by Gasteiger charge is -2.16. The minimum Gasteiger partial charge on any atom is -0.398 e. The van der Waals surface area contributed by atoms with Crippen LogP contribution in [0.15, 0.2) is 42.7 Å². The van der Waals surface area contributed by atoms with E-state index in [1.165, 1.54) is 0 Å². The lowest BCUT2D eigenvalue weighted by molar-refractivity contribution is 0.161. The molecule has 0 amide bonds. The van der Waals surface area contributed by atoms with Gasteiger partial charge in [-0.15, -0.1) is 0 Å². The highest BCUT2D eigenvalue weighted by atomic mass is 16.5. The van der Waals surface area contributed by atoms with Crippen LogP contribution in [0, 0.1) is 0 Å². The molecule has 4 nitrogen and oxygen atoms in total. The molecule has 100 valence electrons. The van der Waals surface area contributed by atoms with Crippen LogP contribution in [0.3, 0.4) is 0 Å². The summed E-state index contributed by atoms with van der Waals surface area (Å²) >= 11 is 0. The first kappa shape index (κ1) is 13.5. The standard InChI is InChI=1S/C15H18N2O2/c1-19-10-11-4-2-3-5-13(11)15(18)8-12-9-17-7-6-14(12)16/h2-7,9,15,18H,8,10H2,1H3,(H2,16,17). The molecule has 0 fully saturated rings. The van der Waals surface area contributed by atoms with Crippen molar-refractivity contribution in [3.8, 4) is 0 Å². The third-order valence-corrected chi connectivity index (χ3v) is 3.07. The second kappa shape index (κ2) is 6.31. The van der Waals surface area contributed by atoms with Gasteiger partial charge in [-0.1, -0.05) is 24.3 Å². The Morgan fingerprint density at radius 1 is 1.26 bits per heavy atom. The van der Waals surface area contributed by atoms with Gasteiger partial charge in [0, 0.05) is 31.6 Å². The second-order valence-corrected chi connectivity index (χ2v) is 4.43. The van der Waals surface area contributed by atoms with E-state index >= 15 is 0 Å². The quantitative estimate of drug-likeness (QED) is 0.861. The second-order valence-electron chi connectivity index (χ2n) is 4.43. The monoisotopic (exact) mass is 258 g/mol. The maximum absolute atomic E-state index is 10.4. The fourth-order valence-corrected chi connectivity index (χ4v) is 2.07. The molecular formula is C15H18N2O2. The van der Waals surface area contributed by atoms with E-state index in [0.717, 1.165) is 16.7 Å². The summed E-state index contributed by atoms with van der Waals surface area (Å²) in [5.74, 6) is 0. The predicted octanol–water partition coefficient (Wildman–Crippen LogP) is 2.09. The van der Waals surface area contributed by atoms with Crippen molar-refractivity contribution in [2.45, 2.75) is 19.1 Å². The first-order valence-corrected chi connectivity index (χ1v) is 6.15. The zero-order valence-electron chi connectivity index (χ0n) is 10.9. The van der Waals surface area contributed by atoms with E-state index in [9.17, 15) is 5.11 Å². The molecule has 2 aromatic rings. The average molecular weight is 258 g/mol. The highest BCUT2D eigenvalue weighted by Crippen LogP contribution is 2.24. The van der Waals surface area contributed by atoms with Crippen molar-refractivity contribution in [3.63, 3.8) is 0 Å². The van der Waals surface area contributed by atoms with Gasteiger partial charge < -0.3 is 15.6 Å². The lowest BCUT2D eigenvalue weighted by Crippen LogP contribution is -2.07. The molecule has 0 aliphatic heterocycles. The Balaban J connectivity index is 2.20. The summed E-state index contributed by atoms with van der Waals surface area (Å²) in [6.07, 6.45) is 3.17. The minimum atomic E-state index is -0.613. The van der Waals surface area contributed by atoms with E-state index in [2.05, 4.69) is 4.98 Å². The Bertz CT molecular complexity index is 543. The normalized spacial score (nSPS) is 12.3.